The van der Waals surface area contributed by atoms with E-state index in [9.17, 15) is 0 Å². The Balaban J connectivity index is 1.89. The van der Waals surface area contributed by atoms with Crippen LogP contribution in [0.5, 0.6) is 0 Å². The number of imidazole rings is 1. The lowest BCUT2D eigenvalue weighted by Crippen LogP contribution is -2.22. The zero-order valence-electron chi connectivity index (χ0n) is 9.95. The van der Waals surface area contributed by atoms with E-state index < -0.39 is 0 Å². The molecule has 1 rings (SSSR count). The van der Waals surface area contributed by atoms with Gasteiger partial charge < -0.3 is 9.88 Å². The van der Waals surface area contributed by atoms with Crippen LogP contribution in [-0.4, -0.2) is 22.6 Å². The molecule has 3 heteroatoms. The Kier molecular flexibility index (Phi) is 6.09. The van der Waals surface area contributed by atoms with Crippen LogP contribution in [0, 0.1) is 5.92 Å². The summed E-state index contributed by atoms with van der Waals surface area (Å²) in [6.07, 6.45) is 9.47. The van der Waals surface area contributed by atoms with Gasteiger partial charge in [0.2, 0.25) is 0 Å². The fourth-order valence-electron chi connectivity index (χ4n) is 1.46. The Morgan fingerprint density at radius 2 is 2.27 bits per heavy atom. The summed E-state index contributed by atoms with van der Waals surface area (Å²) < 4.78 is 2.13. The second kappa shape index (κ2) is 7.46. The number of nitrogens with zero attached hydrogens (tertiary/aromatic N) is 2. The fourth-order valence-corrected chi connectivity index (χ4v) is 1.46. The first-order valence-electron chi connectivity index (χ1n) is 5.99. The van der Waals surface area contributed by atoms with Gasteiger partial charge >= 0.3 is 0 Å². The van der Waals surface area contributed by atoms with Crippen LogP contribution < -0.4 is 5.32 Å². The van der Waals surface area contributed by atoms with Gasteiger partial charge in [-0.25, -0.2) is 4.98 Å². The molecule has 1 unspecified atom stereocenters. The number of unbranched alkanes of at least 4 members (excludes halogenated alkanes) is 1. The zero-order chi connectivity index (χ0) is 10.9. The summed E-state index contributed by atoms with van der Waals surface area (Å²) in [7, 11) is 0. The van der Waals surface area contributed by atoms with Gasteiger partial charge in [0.15, 0.2) is 0 Å². The summed E-state index contributed by atoms with van der Waals surface area (Å²) in [5, 5.41) is 3.49. The van der Waals surface area contributed by atoms with E-state index >= 15 is 0 Å². The standard InChI is InChI=1S/C12H23N3/c1-3-12(2)10-13-6-4-5-8-15-9-7-14-11-15/h7,9,11-13H,3-6,8,10H2,1-2H3. The maximum absolute atomic E-state index is 4.02. The SMILES string of the molecule is CCC(C)CNCCCCn1ccnc1. The van der Waals surface area contributed by atoms with Crippen molar-refractivity contribution in [2.24, 2.45) is 5.92 Å². The Hall–Kier alpha value is -0.830. The molecule has 0 aromatic carbocycles. The summed E-state index contributed by atoms with van der Waals surface area (Å²) in [4.78, 5) is 4.02. The van der Waals surface area contributed by atoms with Gasteiger partial charge in [0.05, 0.1) is 6.33 Å². The van der Waals surface area contributed by atoms with Gasteiger partial charge in [0, 0.05) is 18.9 Å². The van der Waals surface area contributed by atoms with Crippen molar-refractivity contribution in [1.82, 2.24) is 14.9 Å². The third kappa shape index (κ3) is 5.57. The topological polar surface area (TPSA) is 29.9 Å². The van der Waals surface area contributed by atoms with Crippen LogP contribution in [-0.2, 0) is 6.54 Å². The van der Waals surface area contributed by atoms with Gasteiger partial charge in [-0.1, -0.05) is 20.3 Å². The van der Waals surface area contributed by atoms with Crippen LogP contribution in [0.1, 0.15) is 33.1 Å². The minimum absolute atomic E-state index is 0.804. The van der Waals surface area contributed by atoms with E-state index in [4.69, 9.17) is 0 Å². The molecule has 15 heavy (non-hydrogen) atoms. The molecule has 0 amide bonds. The molecule has 0 bridgehead atoms. The molecule has 3 nitrogen and oxygen atoms in total. The fraction of sp³-hybridized carbons (Fsp3) is 0.750. The maximum atomic E-state index is 4.02. The summed E-state index contributed by atoms with van der Waals surface area (Å²) in [5.41, 5.74) is 0. The molecule has 0 aliphatic heterocycles. The lowest BCUT2D eigenvalue weighted by molar-refractivity contribution is 0.484. The molecule has 86 valence electrons. The van der Waals surface area contributed by atoms with E-state index in [2.05, 4.69) is 28.7 Å². The summed E-state index contributed by atoms with van der Waals surface area (Å²) in [6.45, 7) is 7.91. The second-order valence-electron chi connectivity index (χ2n) is 4.23. The third-order valence-electron chi connectivity index (χ3n) is 2.77. The Labute approximate surface area is 92.9 Å². The highest BCUT2D eigenvalue weighted by Gasteiger charge is 1.96. The summed E-state index contributed by atoms with van der Waals surface area (Å²) >= 11 is 0. The molecule has 0 saturated carbocycles. The van der Waals surface area contributed by atoms with Gasteiger partial charge in [0.1, 0.15) is 0 Å². The smallest absolute Gasteiger partial charge is 0.0945 e. The van der Waals surface area contributed by atoms with Crippen molar-refractivity contribution in [2.45, 2.75) is 39.7 Å². The van der Waals surface area contributed by atoms with Gasteiger partial charge in [-0.15, -0.1) is 0 Å². The number of aryl methyl sites for hydroxylation is 1. The average molecular weight is 209 g/mol. The Morgan fingerprint density at radius 1 is 1.40 bits per heavy atom. The first-order valence-corrected chi connectivity index (χ1v) is 5.99. The zero-order valence-corrected chi connectivity index (χ0v) is 9.95. The monoisotopic (exact) mass is 209 g/mol. The van der Waals surface area contributed by atoms with Gasteiger partial charge in [-0.2, -0.15) is 0 Å². The van der Waals surface area contributed by atoms with Crippen molar-refractivity contribution in [1.29, 1.82) is 0 Å². The Bertz CT molecular complexity index is 231. The van der Waals surface area contributed by atoms with Crippen molar-refractivity contribution >= 4 is 0 Å². The van der Waals surface area contributed by atoms with Gasteiger partial charge in [-0.05, 0) is 31.8 Å². The van der Waals surface area contributed by atoms with Crippen molar-refractivity contribution in [3.05, 3.63) is 18.7 Å². The van der Waals surface area contributed by atoms with E-state index in [1.807, 2.05) is 18.7 Å². The van der Waals surface area contributed by atoms with Crippen LogP contribution in [0.25, 0.3) is 0 Å². The maximum Gasteiger partial charge on any atom is 0.0945 e. The number of nitrogens with one attached hydrogen (secondary N) is 1. The second-order valence-corrected chi connectivity index (χ2v) is 4.23. The number of rotatable bonds is 8. The number of aromatic nitrogens is 2. The highest BCUT2D eigenvalue weighted by molar-refractivity contribution is 4.73. The van der Waals surface area contributed by atoms with Crippen molar-refractivity contribution in [3.8, 4) is 0 Å². The van der Waals surface area contributed by atoms with Crippen molar-refractivity contribution in [3.63, 3.8) is 0 Å². The third-order valence-corrected chi connectivity index (χ3v) is 2.77. The number of hydrogen-bond acceptors (Lipinski definition) is 2. The van der Waals surface area contributed by atoms with E-state index in [1.54, 1.807) is 0 Å². The van der Waals surface area contributed by atoms with E-state index in [0.29, 0.717) is 0 Å². The summed E-state index contributed by atoms with van der Waals surface area (Å²) in [6, 6.07) is 0. The number of hydrogen-bond donors (Lipinski definition) is 1. The molecule has 1 N–H and O–H groups in total. The van der Waals surface area contributed by atoms with Crippen LogP contribution in [0.4, 0.5) is 0 Å². The minimum Gasteiger partial charge on any atom is -0.337 e. The highest BCUT2D eigenvalue weighted by Crippen LogP contribution is 1.98. The molecule has 0 radical (unpaired) electrons. The molecule has 0 saturated heterocycles. The molecular formula is C12H23N3. The van der Waals surface area contributed by atoms with Crippen LogP contribution in [0.3, 0.4) is 0 Å². The van der Waals surface area contributed by atoms with Gasteiger partial charge in [-0.3, -0.25) is 0 Å². The molecule has 0 fully saturated rings. The minimum atomic E-state index is 0.804. The first kappa shape index (κ1) is 12.2. The molecule has 1 heterocycles. The molecule has 1 aromatic rings. The van der Waals surface area contributed by atoms with Crippen molar-refractivity contribution in [2.75, 3.05) is 13.1 Å². The van der Waals surface area contributed by atoms with Gasteiger partial charge in [0.25, 0.3) is 0 Å². The van der Waals surface area contributed by atoms with Crippen LogP contribution in [0.15, 0.2) is 18.7 Å². The quantitative estimate of drug-likeness (QED) is 0.666. The first-order chi connectivity index (χ1) is 7.33. The molecule has 0 aliphatic rings. The summed E-state index contributed by atoms with van der Waals surface area (Å²) in [5.74, 6) is 0.804. The predicted molar refractivity (Wildman–Crippen MR) is 63.8 cm³/mol. The van der Waals surface area contributed by atoms with E-state index in [-0.39, 0.29) is 0 Å². The largest absolute Gasteiger partial charge is 0.337 e. The lowest BCUT2D eigenvalue weighted by atomic mass is 10.1. The molecule has 0 aliphatic carbocycles. The molecule has 1 atom stereocenters. The van der Waals surface area contributed by atoms with Crippen LogP contribution >= 0.6 is 0 Å². The average Bonchev–Trinajstić information content (AvgIpc) is 2.75. The molecule has 1 aromatic heterocycles. The Morgan fingerprint density at radius 3 is 2.93 bits per heavy atom. The normalized spacial score (nSPS) is 12.9. The molecular weight excluding hydrogens is 186 g/mol. The highest BCUT2D eigenvalue weighted by atomic mass is 15.0. The lowest BCUT2D eigenvalue weighted by Gasteiger charge is -2.09. The van der Waals surface area contributed by atoms with E-state index in [0.717, 1.165) is 25.6 Å². The van der Waals surface area contributed by atoms with E-state index in [1.165, 1.54) is 19.3 Å². The van der Waals surface area contributed by atoms with Crippen LogP contribution in [0.2, 0.25) is 0 Å². The van der Waals surface area contributed by atoms with Crippen molar-refractivity contribution < 1.29 is 0 Å². The molecule has 0 spiro atoms. The predicted octanol–water partition coefficient (Wildman–Crippen LogP) is 2.30.